The van der Waals surface area contributed by atoms with Gasteiger partial charge >= 0.3 is 5.97 Å². The average Bonchev–Trinajstić information content (AvgIpc) is 2.75. The highest BCUT2D eigenvalue weighted by atomic mass is 32.2. The highest BCUT2D eigenvalue weighted by Gasteiger charge is 2.26. The number of nitrogens with zero attached hydrogens (tertiary/aromatic N) is 1. The van der Waals surface area contributed by atoms with Crippen LogP contribution in [0.5, 0.6) is 0 Å². The zero-order chi connectivity index (χ0) is 16.3. The standard InChI is InChI=1S/C13H22N2O5S/c1-5-6-10(12(16)17)15-21(18,19)8-9-7-11(20-14-9)13(2,3)4/h7,10,15H,5-6,8H2,1-4H3,(H,16,17). The van der Waals surface area contributed by atoms with E-state index in [9.17, 15) is 13.2 Å². The van der Waals surface area contributed by atoms with E-state index in [1.54, 1.807) is 13.0 Å². The third-order valence-electron chi connectivity index (χ3n) is 2.83. The van der Waals surface area contributed by atoms with E-state index in [0.29, 0.717) is 12.2 Å². The van der Waals surface area contributed by atoms with Crippen LogP contribution in [0.15, 0.2) is 10.6 Å². The van der Waals surface area contributed by atoms with Crippen molar-refractivity contribution in [2.24, 2.45) is 0 Å². The van der Waals surface area contributed by atoms with Crippen LogP contribution in [0, 0.1) is 0 Å². The van der Waals surface area contributed by atoms with Gasteiger partial charge < -0.3 is 9.63 Å². The summed E-state index contributed by atoms with van der Waals surface area (Å²) in [6, 6.07) is 0.462. The van der Waals surface area contributed by atoms with Crippen molar-refractivity contribution in [3.63, 3.8) is 0 Å². The summed E-state index contributed by atoms with van der Waals surface area (Å²) in [5.41, 5.74) is -0.0121. The summed E-state index contributed by atoms with van der Waals surface area (Å²) in [6.07, 6.45) is 0.804. The van der Waals surface area contributed by atoms with Gasteiger partial charge in [0, 0.05) is 11.5 Å². The Balaban J connectivity index is 2.80. The Morgan fingerprint density at radius 1 is 1.48 bits per heavy atom. The molecule has 1 aromatic heterocycles. The molecule has 0 aliphatic rings. The lowest BCUT2D eigenvalue weighted by Gasteiger charge is -2.13. The molecule has 1 unspecified atom stereocenters. The number of aromatic nitrogens is 1. The van der Waals surface area contributed by atoms with Gasteiger partial charge in [-0.05, 0) is 6.42 Å². The highest BCUT2D eigenvalue weighted by Crippen LogP contribution is 2.23. The Hall–Kier alpha value is -1.41. The van der Waals surface area contributed by atoms with Gasteiger partial charge in [0.05, 0.1) is 0 Å². The SMILES string of the molecule is CCCC(NS(=O)(=O)Cc1cc(C(C)(C)C)on1)C(=O)O. The first-order valence-corrected chi connectivity index (χ1v) is 8.39. The fourth-order valence-electron chi connectivity index (χ4n) is 1.71. The Labute approximate surface area is 124 Å². The molecule has 0 aliphatic carbocycles. The first-order valence-electron chi connectivity index (χ1n) is 6.74. The summed E-state index contributed by atoms with van der Waals surface area (Å²) in [7, 11) is -3.79. The third kappa shape index (κ3) is 5.47. The van der Waals surface area contributed by atoms with E-state index in [2.05, 4.69) is 9.88 Å². The molecule has 1 atom stereocenters. The number of carboxylic acids is 1. The van der Waals surface area contributed by atoms with Gasteiger partial charge in [-0.3, -0.25) is 4.79 Å². The Bertz CT molecular complexity index is 586. The summed E-state index contributed by atoms with van der Waals surface area (Å²) in [4.78, 5) is 11.0. The summed E-state index contributed by atoms with van der Waals surface area (Å²) in [5.74, 6) is -1.01. The Morgan fingerprint density at radius 3 is 2.52 bits per heavy atom. The summed E-state index contributed by atoms with van der Waals surface area (Å²) < 4.78 is 31.3. The predicted molar refractivity (Wildman–Crippen MR) is 77.3 cm³/mol. The molecule has 0 radical (unpaired) electrons. The first kappa shape index (κ1) is 17.6. The van der Waals surface area contributed by atoms with Crippen molar-refractivity contribution in [3.8, 4) is 0 Å². The van der Waals surface area contributed by atoms with Gasteiger partial charge in [0.1, 0.15) is 23.2 Å². The van der Waals surface area contributed by atoms with Crippen molar-refractivity contribution in [2.45, 2.75) is 57.7 Å². The van der Waals surface area contributed by atoms with Gasteiger partial charge in [0.25, 0.3) is 0 Å². The molecular weight excluding hydrogens is 296 g/mol. The molecule has 0 aromatic carbocycles. The van der Waals surface area contributed by atoms with Gasteiger partial charge in [0.2, 0.25) is 10.0 Å². The van der Waals surface area contributed by atoms with E-state index in [0.717, 1.165) is 0 Å². The van der Waals surface area contributed by atoms with Gasteiger partial charge in [-0.1, -0.05) is 39.3 Å². The second-order valence-corrected chi connectivity index (χ2v) is 7.74. The van der Waals surface area contributed by atoms with Crippen LogP contribution < -0.4 is 4.72 Å². The maximum atomic E-state index is 12.0. The maximum Gasteiger partial charge on any atom is 0.321 e. The van der Waals surface area contributed by atoms with Crippen LogP contribution in [0.4, 0.5) is 0 Å². The molecule has 8 heteroatoms. The highest BCUT2D eigenvalue weighted by molar-refractivity contribution is 7.88. The molecule has 1 heterocycles. The maximum absolute atomic E-state index is 12.0. The van der Waals surface area contributed by atoms with Crippen LogP contribution in [0.1, 0.15) is 52.0 Å². The quantitative estimate of drug-likeness (QED) is 0.791. The van der Waals surface area contributed by atoms with E-state index in [-0.39, 0.29) is 17.5 Å². The molecule has 0 spiro atoms. The van der Waals surface area contributed by atoms with Crippen molar-refractivity contribution >= 4 is 16.0 Å². The van der Waals surface area contributed by atoms with Crippen molar-refractivity contribution in [2.75, 3.05) is 0 Å². The van der Waals surface area contributed by atoms with Crippen LogP contribution in [0.25, 0.3) is 0 Å². The number of carboxylic acid groups (broad SMARTS) is 1. The molecule has 0 saturated carbocycles. The number of hydrogen-bond acceptors (Lipinski definition) is 5. The third-order valence-corrected chi connectivity index (χ3v) is 4.15. The topological polar surface area (TPSA) is 110 Å². The lowest BCUT2D eigenvalue weighted by atomic mass is 9.93. The molecule has 1 rings (SSSR count). The number of sulfonamides is 1. The van der Waals surface area contributed by atoms with E-state index >= 15 is 0 Å². The van der Waals surface area contributed by atoms with Gasteiger partial charge in [-0.25, -0.2) is 13.1 Å². The van der Waals surface area contributed by atoms with Crippen LogP contribution in [-0.4, -0.2) is 30.7 Å². The number of hydrogen-bond donors (Lipinski definition) is 2. The summed E-state index contributed by atoms with van der Waals surface area (Å²) in [5, 5.41) is 12.7. The fraction of sp³-hybridized carbons (Fsp3) is 0.692. The monoisotopic (exact) mass is 318 g/mol. The minimum atomic E-state index is -3.79. The van der Waals surface area contributed by atoms with Crippen LogP contribution in [0.3, 0.4) is 0 Å². The molecule has 0 amide bonds. The van der Waals surface area contributed by atoms with Crippen LogP contribution in [0.2, 0.25) is 0 Å². The Kier molecular flexibility index (Phi) is 5.52. The molecule has 2 N–H and O–H groups in total. The van der Waals surface area contributed by atoms with Crippen molar-refractivity contribution in [3.05, 3.63) is 17.5 Å². The first-order chi connectivity index (χ1) is 9.55. The molecule has 0 fully saturated rings. The van der Waals surface area contributed by atoms with Crippen LogP contribution >= 0.6 is 0 Å². The molecule has 0 aliphatic heterocycles. The largest absolute Gasteiger partial charge is 0.480 e. The zero-order valence-electron chi connectivity index (χ0n) is 12.7. The summed E-state index contributed by atoms with van der Waals surface area (Å²) in [6.45, 7) is 7.56. The van der Waals surface area contributed by atoms with Gasteiger partial charge in [-0.2, -0.15) is 0 Å². The predicted octanol–water partition coefficient (Wildman–Crippen LogP) is 1.64. The zero-order valence-corrected chi connectivity index (χ0v) is 13.5. The molecule has 21 heavy (non-hydrogen) atoms. The number of carbonyl (C=O) groups is 1. The fourth-order valence-corrected chi connectivity index (χ4v) is 2.97. The average molecular weight is 318 g/mol. The van der Waals surface area contributed by atoms with Gasteiger partial charge in [0.15, 0.2) is 0 Å². The van der Waals surface area contributed by atoms with E-state index in [4.69, 9.17) is 9.63 Å². The van der Waals surface area contributed by atoms with E-state index in [1.807, 2.05) is 20.8 Å². The second-order valence-electron chi connectivity index (χ2n) is 5.99. The molecule has 120 valence electrons. The normalized spacial score (nSPS) is 14.1. The van der Waals surface area contributed by atoms with Gasteiger partial charge in [-0.15, -0.1) is 0 Å². The molecule has 0 bridgehead atoms. The molecule has 7 nitrogen and oxygen atoms in total. The second kappa shape index (κ2) is 6.57. The smallest absolute Gasteiger partial charge is 0.321 e. The lowest BCUT2D eigenvalue weighted by molar-refractivity contribution is -0.139. The minimum Gasteiger partial charge on any atom is -0.480 e. The van der Waals surface area contributed by atoms with Crippen LogP contribution in [-0.2, 0) is 26.0 Å². The molecule has 0 saturated heterocycles. The number of nitrogens with one attached hydrogen (secondary N) is 1. The summed E-state index contributed by atoms with van der Waals surface area (Å²) >= 11 is 0. The number of rotatable bonds is 7. The molecule has 1 aromatic rings. The molecular formula is C13H22N2O5S. The lowest BCUT2D eigenvalue weighted by Crippen LogP contribution is -2.41. The van der Waals surface area contributed by atoms with Crippen molar-refractivity contribution in [1.82, 2.24) is 9.88 Å². The minimum absolute atomic E-state index is 0.237. The van der Waals surface area contributed by atoms with Crippen molar-refractivity contribution in [1.29, 1.82) is 0 Å². The Morgan fingerprint density at radius 2 is 2.10 bits per heavy atom. The van der Waals surface area contributed by atoms with Crippen molar-refractivity contribution < 1.29 is 22.8 Å². The van der Waals surface area contributed by atoms with E-state index in [1.165, 1.54) is 0 Å². The number of aliphatic carboxylic acids is 1. The van der Waals surface area contributed by atoms with E-state index < -0.39 is 27.8 Å².